The number of aliphatic hydroxyl groups is 1. The molecule has 5 fully saturated rings. The van der Waals surface area contributed by atoms with E-state index < -0.39 is 0 Å². The monoisotopic (exact) mass is 416 g/mol. The third-order valence-electron chi connectivity index (χ3n) is 12.0. The molecule has 0 amide bonds. The minimum Gasteiger partial charge on any atom is -0.393 e. The third-order valence-corrected chi connectivity index (χ3v) is 12.0. The van der Waals surface area contributed by atoms with Crippen LogP contribution in [0.2, 0.25) is 0 Å². The van der Waals surface area contributed by atoms with Crippen LogP contribution in [0.1, 0.15) is 98.8 Å². The van der Waals surface area contributed by atoms with Gasteiger partial charge in [0, 0.05) is 12.5 Å². The Morgan fingerprint density at radius 2 is 1.73 bits per heavy atom. The van der Waals surface area contributed by atoms with Gasteiger partial charge >= 0.3 is 0 Å². The second-order valence-electron chi connectivity index (χ2n) is 13.5. The minimum atomic E-state index is -0.115. The fourth-order valence-electron chi connectivity index (χ4n) is 10.8. The molecule has 1 unspecified atom stereocenters. The van der Waals surface area contributed by atoms with Gasteiger partial charge in [0.15, 0.2) is 0 Å². The molecule has 0 aliphatic heterocycles. The first-order valence-corrected chi connectivity index (χ1v) is 13.4. The lowest BCUT2D eigenvalue weighted by Gasteiger charge is -2.61. The van der Waals surface area contributed by atoms with E-state index in [9.17, 15) is 5.11 Å². The molecule has 2 heteroatoms. The Bertz CT molecular complexity index is 659. The van der Waals surface area contributed by atoms with Crippen LogP contribution in [-0.4, -0.2) is 24.4 Å². The SMILES string of the molecule is CO[C@@H]1C[C@H]2[C@@H]3CC[C@H]([C@H](C)CC(O)CC(C)C)[C@@]3(C)CC[C@@H]2[C@@]2(C)CC[C@@H]3C[C@]312. The maximum absolute atomic E-state index is 10.6. The zero-order valence-corrected chi connectivity index (χ0v) is 20.6. The molecule has 1 N–H and O–H groups in total. The molecular weight excluding hydrogens is 368 g/mol. The first-order valence-electron chi connectivity index (χ1n) is 13.4. The molecule has 0 aromatic heterocycles. The molecule has 5 rings (SSSR count). The van der Waals surface area contributed by atoms with Crippen LogP contribution in [0.5, 0.6) is 0 Å². The van der Waals surface area contributed by atoms with E-state index in [1.165, 1.54) is 51.4 Å². The summed E-state index contributed by atoms with van der Waals surface area (Å²) >= 11 is 0. The molecule has 30 heavy (non-hydrogen) atoms. The molecule has 0 bridgehead atoms. The zero-order chi connectivity index (χ0) is 21.5. The van der Waals surface area contributed by atoms with Crippen molar-refractivity contribution in [2.24, 2.45) is 57.7 Å². The number of fused-ring (bicyclic) bond motifs is 4. The summed E-state index contributed by atoms with van der Waals surface area (Å²) in [6.07, 6.45) is 13.8. The molecule has 0 radical (unpaired) electrons. The molecule has 5 aliphatic rings. The summed E-state index contributed by atoms with van der Waals surface area (Å²) in [6.45, 7) is 12.3. The van der Waals surface area contributed by atoms with Crippen LogP contribution in [-0.2, 0) is 4.74 Å². The van der Waals surface area contributed by atoms with Gasteiger partial charge in [-0.2, -0.15) is 0 Å². The van der Waals surface area contributed by atoms with Gasteiger partial charge in [0.05, 0.1) is 12.2 Å². The Kier molecular flexibility index (Phi) is 5.23. The summed E-state index contributed by atoms with van der Waals surface area (Å²) < 4.78 is 6.28. The topological polar surface area (TPSA) is 29.5 Å². The van der Waals surface area contributed by atoms with Crippen molar-refractivity contribution < 1.29 is 9.84 Å². The normalized spacial score (nSPS) is 53.6. The fraction of sp³-hybridized carbons (Fsp3) is 1.00. The number of hydrogen-bond acceptors (Lipinski definition) is 2. The van der Waals surface area contributed by atoms with E-state index >= 15 is 0 Å². The maximum atomic E-state index is 10.6. The predicted octanol–water partition coefficient (Wildman–Crippen LogP) is 6.70. The van der Waals surface area contributed by atoms with E-state index in [2.05, 4.69) is 34.6 Å². The van der Waals surface area contributed by atoms with Crippen molar-refractivity contribution in [2.75, 3.05) is 7.11 Å². The Morgan fingerprint density at radius 3 is 2.40 bits per heavy atom. The summed E-state index contributed by atoms with van der Waals surface area (Å²) in [4.78, 5) is 0. The second-order valence-corrected chi connectivity index (χ2v) is 13.5. The number of methoxy groups -OCH3 is 1. The molecule has 5 saturated carbocycles. The highest BCUT2D eigenvalue weighted by Gasteiger charge is 2.77. The van der Waals surface area contributed by atoms with Crippen molar-refractivity contribution in [2.45, 2.75) is 111 Å². The maximum Gasteiger partial charge on any atom is 0.0638 e. The van der Waals surface area contributed by atoms with Gasteiger partial charge in [0.25, 0.3) is 0 Å². The van der Waals surface area contributed by atoms with Crippen molar-refractivity contribution >= 4 is 0 Å². The molecule has 0 aromatic rings. The molecule has 172 valence electrons. The highest BCUT2D eigenvalue weighted by Crippen LogP contribution is 2.82. The van der Waals surface area contributed by atoms with Crippen LogP contribution in [0.25, 0.3) is 0 Å². The Morgan fingerprint density at radius 1 is 0.967 bits per heavy atom. The van der Waals surface area contributed by atoms with E-state index in [0.717, 1.165) is 42.4 Å². The average Bonchev–Trinajstić information content (AvgIpc) is 3.17. The zero-order valence-electron chi connectivity index (χ0n) is 20.6. The molecule has 0 heterocycles. The van der Waals surface area contributed by atoms with Crippen LogP contribution in [0, 0.1) is 57.7 Å². The third kappa shape index (κ3) is 2.81. The lowest BCUT2D eigenvalue weighted by molar-refractivity contribution is -0.161. The van der Waals surface area contributed by atoms with Crippen LogP contribution in [0.4, 0.5) is 0 Å². The van der Waals surface area contributed by atoms with Gasteiger partial charge in [-0.3, -0.25) is 0 Å². The molecule has 0 aromatic carbocycles. The standard InChI is InChI=1S/C28H48O2/c1-17(2)13-20(29)14-18(3)22-7-8-23-21-15-25(30-6)28-16-19(28)9-12-27(28,5)24(21)10-11-26(22,23)4/h17-25,29H,7-16H2,1-6H3/t18-,19-,20?,21+,22-,23+,24+,25-,26-,27-,28+/m1/s1. The van der Waals surface area contributed by atoms with Crippen molar-refractivity contribution in [1.82, 2.24) is 0 Å². The molecule has 5 aliphatic carbocycles. The first-order chi connectivity index (χ1) is 14.2. The van der Waals surface area contributed by atoms with Gasteiger partial charge in [-0.1, -0.05) is 34.6 Å². The van der Waals surface area contributed by atoms with Gasteiger partial charge in [-0.05, 0) is 116 Å². The Labute approximate surface area is 185 Å². The van der Waals surface area contributed by atoms with E-state index in [1.54, 1.807) is 0 Å². The van der Waals surface area contributed by atoms with Gasteiger partial charge in [-0.15, -0.1) is 0 Å². The van der Waals surface area contributed by atoms with E-state index in [0.29, 0.717) is 34.2 Å². The fourth-order valence-corrected chi connectivity index (χ4v) is 10.8. The van der Waals surface area contributed by atoms with Gasteiger partial charge in [-0.25, -0.2) is 0 Å². The number of ether oxygens (including phenoxy) is 1. The Hall–Kier alpha value is -0.0800. The van der Waals surface area contributed by atoms with Crippen LogP contribution in [0.15, 0.2) is 0 Å². The van der Waals surface area contributed by atoms with Gasteiger partial charge in [0.1, 0.15) is 0 Å². The highest BCUT2D eigenvalue weighted by molar-refractivity contribution is 5.26. The van der Waals surface area contributed by atoms with Crippen molar-refractivity contribution in [3.05, 3.63) is 0 Å². The smallest absolute Gasteiger partial charge is 0.0638 e. The van der Waals surface area contributed by atoms with Crippen molar-refractivity contribution in [1.29, 1.82) is 0 Å². The van der Waals surface area contributed by atoms with Gasteiger partial charge in [0.2, 0.25) is 0 Å². The van der Waals surface area contributed by atoms with Crippen molar-refractivity contribution in [3.8, 4) is 0 Å². The number of aliphatic hydroxyl groups excluding tert-OH is 1. The first kappa shape index (κ1) is 21.7. The van der Waals surface area contributed by atoms with Crippen LogP contribution >= 0.6 is 0 Å². The molecule has 11 atom stereocenters. The largest absolute Gasteiger partial charge is 0.393 e. The second kappa shape index (κ2) is 7.21. The van der Waals surface area contributed by atoms with E-state index in [4.69, 9.17) is 4.74 Å². The highest BCUT2D eigenvalue weighted by atomic mass is 16.5. The summed E-state index contributed by atoms with van der Waals surface area (Å²) in [5, 5.41) is 10.6. The Balaban J connectivity index is 1.36. The number of hydrogen-bond donors (Lipinski definition) is 1. The summed E-state index contributed by atoms with van der Waals surface area (Å²) in [5.41, 5.74) is 1.57. The van der Waals surface area contributed by atoms with E-state index in [-0.39, 0.29) is 6.10 Å². The molecule has 1 spiro atoms. The van der Waals surface area contributed by atoms with Gasteiger partial charge < -0.3 is 9.84 Å². The quantitative estimate of drug-likeness (QED) is 0.522. The molecule has 2 nitrogen and oxygen atoms in total. The number of rotatable bonds is 6. The molecular formula is C28H48O2. The predicted molar refractivity (Wildman–Crippen MR) is 123 cm³/mol. The van der Waals surface area contributed by atoms with Crippen molar-refractivity contribution in [3.63, 3.8) is 0 Å². The lowest BCUT2D eigenvalue weighted by atomic mass is 9.45. The lowest BCUT2D eigenvalue weighted by Crippen LogP contribution is -2.57. The van der Waals surface area contributed by atoms with E-state index in [1.807, 2.05) is 7.11 Å². The van der Waals surface area contributed by atoms with Crippen LogP contribution in [0.3, 0.4) is 0 Å². The summed E-state index contributed by atoms with van der Waals surface area (Å²) in [7, 11) is 2.01. The van der Waals surface area contributed by atoms with Crippen LogP contribution < -0.4 is 0 Å². The minimum absolute atomic E-state index is 0.115. The summed E-state index contributed by atoms with van der Waals surface area (Å²) in [6, 6.07) is 0. The molecule has 0 saturated heterocycles. The summed E-state index contributed by atoms with van der Waals surface area (Å²) in [5.74, 6) is 5.71. The average molecular weight is 417 g/mol.